The number of hydrogen-bond acceptors (Lipinski definition) is 2. The van der Waals surface area contributed by atoms with E-state index in [0.29, 0.717) is 18.9 Å². The fraction of sp³-hybridized carbons (Fsp3) is 0.929. The average Bonchev–Trinajstić information content (AvgIpc) is 2.20. The predicted molar refractivity (Wildman–Crippen MR) is 73.8 cm³/mol. The molecule has 0 aliphatic carbocycles. The van der Waals surface area contributed by atoms with Gasteiger partial charge in [-0.1, -0.05) is 20.8 Å². The topological polar surface area (TPSA) is 46.3 Å². The van der Waals surface area contributed by atoms with E-state index in [1.165, 1.54) is 0 Å². The van der Waals surface area contributed by atoms with Crippen molar-refractivity contribution in [1.29, 1.82) is 0 Å². The Morgan fingerprint density at radius 2 is 1.76 bits per heavy atom. The molecule has 2 N–H and O–H groups in total. The first-order valence-electron chi connectivity index (χ1n) is 6.65. The summed E-state index contributed by atoms with van der Waals surface area (Å²) in [7, 11) is 1.88. The van der Waals surface area contributed by atoms with Gasteiger partial charge < -0.3 is 10.6 Å². The van der Waals surface area contributed by atoms with Crippen molar-refractivity contribution in [2.24, 2.45) is 17.1 Å². The molecule has 1 amide bonds. The summed E-state index contributed by atoms with van der Waals surface area (Å²) in [5.41, 5.74) is 5.88. The zero-order chi connectivity index (χ0) is 13.6. The lowest BCUT2D eigenvalue weighted by Crippen LogP contribution is -2.34. The molecule has 0 rings (SSSR count). The molecule has 0 aliphatic rings. The van der Waals surface area contributed by atoms with Crippen LogP contribution < -0.4 is 5.73 Å². The first-order valence-corrected chi connectivity index (χ1v) is 6.65. The van der Waals surface area contributed by atoms with Crippen LogP contribution in [0, 0.1) is 11.3 Å². The van der Waals surface area contributed by atoms with Crippen LogP contribution in [0.25, 0.3) is 0 Å². The number of carbonyl (C=O) groups is 1. The van der Waals surface area contributed by atoms with E-state index >= 15 is 0 Å². The maximum absolute atomic E-state index is 11.9. The van der Waals surface area contributed by atoms with Gasteiger partial charge in [0, 0.05) is 19.5 Å². The lowest BCUT2D eigenvalue weighted by atomic mass is 9.76. The van der Waals surface area contributed by atoms with Crippen LogP contribution in [0.4, 0.5) is 0 Å². The third kappa shape index (κ3) is 6.06. The number of nitrogens with two attached hydrogens (primary N) is 1. The first-order chi connectivity index (χ1) is 7.70. The van der Waals surface area contributed by atoms with Crippen molar-refractivity contribution in [3.8, 4) is 0 Å². The fourth-order valence-electron chi connectivity index (χ4n) is 1.97. The monoisotopic (exact) mass is 242 g/mol. The Bertz CT molecular complexity index is 231. The first kappa shape index (κ1) is 16.4. The van der Waals surface area contributed by atoms with Crippen molar-refractivity contribution < 1.29 is 4.79 Å². The van der Waals surface area contributed by atoms with Crippen molar-refractivity contribution >= 4 is 5.91 Å². The van der Waals surface area contributed by atoms with Crippen LogP contribution in [0.15, 0.2) is 0 Å². The average molecular weight is 242 g/mol. The predicted octanol–water partition coefficient (Wildman–Crippen LogP) is 2.64. The van der Waals surface area contributed by atoms with Gasteiger partial charge in [-0.05, 0) is 44.6 Å². The summed E-state index contributed by atoms with van der Waals surface area (Å²) >= 11 is 0. The van der Waals surface area contributed by atoms with E-state index < -0.39 is 0 Å². The van der Waals surface area contributed by atoms with Gasteiger partial charge in [0.2, 0.25) is 5.91 Å². The minimum absolute atomic E-state index is 0.232. The zero-order valence-electron chi connectivity index (χ0n) is 12.4. The van der Waals surface area contributed by atoms with Gasteiger partial charge in [-0.3, -0.25) is 4.79 Å². The summed E-state index contributed by atoms with van der Waals surface area (Å²) in [6.45, 7) is 11.5. The van der Waals surface area contributed by atoms with Crippen LogP contribution in [0.3, 0.4) is 0 Å². The zero-order valence-corrected chi connectivity index (χ0v) is 12.4. The number of rotatable bonds is 6. The van der Waals surface area contributed by atoms with Gasteiger partial charge in [-0.15, -0.1) is 0 Å². The summed E-state index contributed by atoms with van der Waals surface area (Å²) in [6.07, 6.45) is 2.58. The van der Waals surface area contributed by atoms with Crippen molar-refractivity contribution in [3.05, 3.63) is 0 Å². The fourth-order valence-corrected chi connectivity index (χ4v) is 1.97. The second kappa shape index (κ2) is 7.00. The van der Waals surface area contributed by atoms with E-state index in [1.807, 2.05) is 25.8 Å². The maximum atomic E-state index is 11.9. The van der Waals surface area contributed by atoms with Crippen molar-refractivity contribution in [2.45, 2.75) is 59.9 Å². The number of hydrogen-bond donors (Lipinski definition) is 1. The summed E-state index contributed by atoms with van der Waals surface area (Å²) in [5, 5.41) is 0. The summed E-state index contributed by atoms with van der Waals surface area (Å²) < 4.78 is 0. The van der Waals surface area contributed by atoms with Crippen molar-refractivity contribution in [2.75, 3.05) is 13.6 Å². The molecule has 102 valence electrons. The molecular formula is C14H30N2O. The highest BCUT2D eigenvalue weighted by Gasteiger charge is 2.25. The highest BCUT2D eigenvalue weighted by atomic mass is 16.2. The van der Waals surface area contributed by atoms with Gasteiger partial charge in [-0.25, -0.2) is 0 Å². The summed E-state index contributed by atoms with van der Waals surface area (Å²) in [5.74, 6) is 0.767. The van der Waals surface area contributed by atoms with Crippen LogP contribution in [-0.2, 0) is 4.79 Å². The van der Waals surface area contributed by atoms with Gasteiger partial charge in [0.15, 0.2) is 0 Å². The molecule has 0 radical (unpaired) electrons. The van der Waals surface area contributed by atoms with E-state index in [-0.39, 0.29) is 17.4 Å². The molecule has 0 saturated heterocycles. The normalized spacial score (nSPS) is 13.9. The quantitative estimate of drug-likeness (QED) is 0.778. The van der Waals surface area contributed by atoms with Gasteiger partial charge in [0.1, 0.15) is 0 Å². The third-order valence-electron chi connectivity index (χ3n) is 3.61. The lowest BCUT2D eigenvalue weighted by molar-refractivity contribution is -0.131. The molecule has 0 aliphatic heterocycles. The van der Waals surface area contributed by atoms with Crippen LogP contribution >= 0.6 is 0 Å². The molecule has 1 atom stereocenters. The Hall–Kier alpha value is -0.570. The molecule has 17 heavy (non-hydrogen) atoms. The molecule has 1 unspecified atom stereocenters. The minimum atomic E-state index is 0.232. The Labute approximate surface area is 107 Å². The molecule has 0 bridgehead atoms. The second-order valence-corrected chi connectivity index (χ2v) is 6.28. The molecule has 0 spiro atoms. The van der Waals surface area contributed by atoms with E-state index in [1.54, 1.807) is 0 Å². The maximum Gasteiger partial charge on any atom is 0.222 e. The van der Waals surface area contributed by atoms with Crippen LogP contribution in [0.1, 0.15) is 53.9 Å². The second-order valence-electron chi connectivity index (χ2n) is 6.28. The molecular weight excluding hydrogens is 212 g/mol. The van der Waals surface area contributed by atoms with Crippen molar-refractivity contribution in [3.63, 3.8) is 0 Å². The van der Waals surface area contributed by atoms with Crippen LogP contribution in [0.2, 0.25) is 0 Å². The minimum Gasteiger partial charge on any atom is -0.343 e. The number of carbonyl (C=O) groups excluding carboxylic acids is 1. The third-order valence-corrected chi connectivity index (χ3v) is 3.61. The standard InChI is InChI=1S/C14H30N2O/c1-11(2)16(6)13(17)8-7-12(9-10-15)14(3,4)5/h11-12H,7-10,15H2,1-6H3. The van der Waals surface area contributed by atoms with Crippen molar-refractivity contribution in [1.82, 2.24) is 4.90 Å². The lowest BCUT2D eigenvalue weighted by Gasteiger charge is -2.31. The molecule has 0 aromatic heterocycles. The molecule has 0 aromatic rings. The van der Waals surface area contributed by atoms with Crippen LogP contribution in [0.5, 0.6) is 0 Å². The van der Waals surface area contributed by atoms with Crippen LogP contribution in [-0.4, -0.2) is 30.4 Å². The van der Waals surface area contributed by atoms with E-state index in [9.17, 15) is 4.79 Å². The highest BCUT2D eigenvalue weighted by molar-refractivity contribution is 5.76. The van der Waals surface area contributed by atoms with E-state index in [2.05, 4.69) is 20.8 Å². The molecule has 0 saturated carbocycles. The summed E-state index contributed by atoms with van der Waals surface area (Å²) in [4.78, 5) is 13.7. The van der Waals surface area contributed by atoms with E-state index in [0.717, 1.165) is 12.8 Å². The summed E-state index contributed by atoms with van der Waals surface area (Å²) in [6, 6.07) is 0.282. The highest BCUT2D eigenvalue weighted by Crippen LogP contribution is 2.32. The molecule has 0 heterocycles. The largest absolute Gasteiger partial charge is 0.343 e. The molecule has 0 fully saturated rings. The SMILES string of the molecule is CC(C)N(C)C(=O)CCC(CCN)C(C)(C)C. The van der Waals surface area contributed by atoms with Gasteiger partial charge in [0.05, 0.1) is 0 Å². The molecule has 0 aromatic carbocycles. The Kier molecular flexibility index (Phi) is 6.76. The smallest absolute Gasteiger partial charge is 0.222 e. The van der Waals surface area contributed by atoms with Gasteiger partial charge in [0.25, 0.3) is 0 Å². The van der Waals surface area contributed by atoms with E-state index in [4.69, 9.17) is 5.73 Å². The van der Waals surface area contributed by atoms with Gasteiger partial charge >= 0.3 is 0 Å². The number of nitrogens with zero attached hydrogens (tertiary/aromatic N) is 1. The Morgan fingerprint density at radius 3 is 2.12 bits per heavy atom. The number of amides is 1. The Balaban J connectivity index is 4.27. The Morgan fingerprint density at radius 1 is 1.24 bits per heavy atom. The van der Waals surface area contributed by atoms with Gasteiger partial charge in [-0.2, -0.15) is 0 Å². The molecule has 3 heteroatoms. The molecule has 3 nitrogen and oxygen atoms in total.